The fraction of sp³-hybridized carbons (Fsp3) is 0.462. The molecule has 0 bridgehead atoms. The maximum absolute atomic E-state index is 13.5. The first-order chi connectivity index (χ1) is 16.0. The zero-order valence-electron chi connectivity index (χ0n) is 18.8. The third-order valence-corrected chi connectivity index (χ3v) is 7.20. The van der Waals surface area contributed by atoms with Crippen LogP contribution in [0, 0.1) is 17.1 Å². The Morgan fingerprint density at radius 1 is 1.15 bits per heavy atom. The summed E-state index contributed by atoms with van der Waals surface area (Å²) in [5, 5.41) is 12.1. The van der Waals surface area contributed by atoms with Crippen molar-refractivity contribution in [2.75, 3.05) is 31.5 Å². The number of nitriles is 1. The molecule has 5 nitrogen and oxygen atoms in total. The van der Waals surface area contributed by atoms with E-state index in [0.717, 1.165) is 45.3 Å². The number of nitrogens with zero attached hydrogens (tertiary/aromatic N) is 3. The normalized spacial score (nSPS) is 20.9. The number of carbonyl (C=O) groups excluding carboxylic acids is 1. The SMILES string of the molecule is N#Cc1cccc([C@H]2CC[C@H](N(CCN3CCCC3)C(=O)Nc3ccc(F)c(Cl)c3)CC2)c1. The van der Waals surface area contributed by atoms with Gasteiger partial charge in [0.2, 0.25) is 0 Å². The summed E-state index contributed by atoms with van der Waals surface area (Å²) in [5.41, 5.74) is 2.40. The molecule has 2 aliphatic rings. The lowest BCUT2D eigenvalue weighted by Crippen LogP contribution is -2.47. The summed E-state index contributed by atoms with van der Waals surface area (Å²) < 4.78 is 13.5. The predicted molar refractivity (Wildman–Crippen MR) is 129 cm³/mol. The van der Waals surface area contributed by atoms with Gasteiger partial charge in [0.05, 0.1) is 16.7 Å². The number of rotatable bonds is 6. The van der Waals surface area contributed by atoms with Crippen LogP contribution < -0.4 is 5.32 Å². The molecule has 1 saturated heterocycles. The van der Waals surface area contributed by atoms with Gasteiger partial charge in [0.15, 0.2) is 0 Å². The Hall–Kier alpha value is -2.62. The lowest BCUT2D eigenvalue weighted by molar-refractivity contribution is 0.151. The van der Waals surface area contributed by atoms with Crippen molar-refractivity contribution in [2.24, 2.45) is 0 Å². The highest BCUT2D eigenvalue weighted by Crippen LogP contribution is 2.35. The first kappa shape index (κ1) is 23.5. The van der Waals surface area contributed by atoms with Crippen LogP contribution in [-0.4, -0.2) is 48.1 Å². The molecule has 4 rings (SSSR count). The molecule has 0 spiro atoms. The van der Waals surface area contributed by atoms with Gasteiger partial charge >= 0.3 is 6.03 Å². The van der Waals surface area contributed by atoms with Gasteiger partial charge in [-0.05, 0) is 93.4 Å². The lowest BCUT2D eigenvalue weighted by Gasteiger charge is -2.38. The number of likely N-dealkylation sites (tertiary alicyclic amines) is 1. The van der Waals surface area contributed by atoms with Crippen molar-refractivity contribution in [3.8, 4) is 6.07 Å². The van der Waals surface area contributed by atoms with E-state index in [0.29, 0.717) is 23.7 Å². The van der Waals surface area contributed by atoms with Crippen molar-refractivity contribution in [3.05, 3.63) is 64.4 Å². The van der Waals surface area contributed by atoms with Crippen LogP contribution in [0.2, 0.25) is 5.02 Å². The first-order valence-electron chi connectivity index (χ1n) is 11.8. The zero-order valence-corrected chi connectivity index (χ0v) is 19.5. The fourth-order valence-corrected chi connectivity index (χ4v) is 5.24. The summed E-state index contributed by atoms with van der Waals surface area (Å²) in [6.07, 6.45) is 6.23. The summed E-state index contributed by atoms with van der Waals surface area (Å²) in [7, 11) is 0. The zero-order chi connectivity index (χ0) is 23.2. The predicted octanol–water partition coefficient (Wildman–Crippen LogP) is 6.01. The average Bonchev–Trinajstić information content (AvgIpc) is 3.36. The second-order valence-electron chi connectivity index (χ2n) is 9.04. The number of halogens is 2. The number of anilines is 1. The van der Waals surface area contributed by atoms with Gasteiger partial charge in [-0.15, -0.1) is 0 Å². The summed E-state index contributed by atoms with van der Waals surface area (Å²) in [5.74, 6) is -0.0895. The van der Waals surface area contributed by atoms with Gasteiger partial charge in [0, 0.05) is 24.8 Å². The fourth-order valence-electron chi connectivity index (χ4n) is 5.06. The van der Waals surface area contributed by atoms with Crippen molar-refractivity contribution >= 4 is 23.3 Å². The maximum atomic E-state index is 13.5. The van der Waals surface area contributed by atoms with Crippen LogP contribution in [0.4, 0.5) is 14.9 Å². The molecule has 2 amide bonds. The Labute approximate surface area is 200 Å². The van der Waals surface area contributed by atoms with Crippen molar-refractivity contribution in [2.45, 2.75) is 50.5 Å². The highest BCUT2D eigenvalue weighted by atomic mass is 35.5. The van der Waals surface area contributed by atoms with Crippen molar-refractivity contribution in [3.63, 3.8) is 0 Å². The van der Waals surface area contributed by atoms with E-state index in [2.05, 4.69) is 22.4 Å². The molecule has 0 unspecified atom stereocenters. The number of hydrogen-bond acceptors (Lipinski definition) is 3. The van der Waals surface area contributed by atoms with Crippen LogP contribution in [0.5, 0.6) is 0 Å². The van der Waals surface area contributed by atoms with E-state index >= 15 is 0 Å². The van der Waals surface area contributed by atoms with Crippen molar-refractivity contribution in [1.29, 1.82) is 5.26 Å². The third kappa shape index (κ3) is 6.04. The molecule has 33 heavy (non-hydrogen) atoms. The largest absolute Gasteiger partial charge is 0.322 e. The molecule has 1 saturated carbocycles. The van der Waals surface area contributed by atoms with Gasteiger partial charge in [-0.2, -0.15) is 5.26 Å². The van der Waals surface area contributed by atoms with Crippen LogP contribution in [0.3, 0.4) is 0 Å². The Morgan fingerprint density at radius 2 is 1.91 bits per heavy atom. The number of amides is 2. The second-order valence-corrected chi connectivity index (χ2v) is 9.45. The maximum Gasteiger partial charge on any atom is 0.322 e. The van der Waals surface area contributed by atoms with Crippen LogP contribution in [0.1, 0.15) is 55.6 Å². The van der Waals surface area contributed by atoms with Gasteiger partial charge < -0.3 is 15.1 Å². The molecule has 7 heteroatoms. The van der Waals surface area contributed by atoms with Crippen molar-refractivity contribution < 1.29 is 9.18 Å². The molecule has 1 N–H and O–H groups in total. The number of benzene rings is 2. The molecule has 2 aromatic rings. The molecular weight excluding hydrogens is 439 g/mol. The highest BCUT2D eigenvalue weighted by Gasteiger charge is 2.30. The first-order valence-corrected chi connectivity index (χ1v) is 12.2. The van der Waals surface area contributed by atoms with E-state index < -0.39 is 5.82 Å². The van der Waals surface area contributed by atoms with Gasteiger partial charge in [0.25, 0.3) is 0 Å². The summed E-state index contributed by atoms with van der Waals surface area (Å²) >= 11 is 5.90. The lowest BCUT2D eigenvalue weighted by atomic mass is 9.81. The molecule has 2 aromatic carbocycles. The molecular formula is C26H30ClFN4O. The van der Waals surface area contributed by atoms with Gasteiger partial charge in [-0.1, -0.05) is 23.7 Å². The number of urea groups is 1. The highest BCUT2D eigenvalue weighted by molar-refractivity contribution is 6.31. The molecule has 0 aromatic heterocycles. The number of nitrogens with one attached hydrogen (secondary N) is 1. The Kier molecular flexibility index (Phi) is 7.85. The Bertz CT molecular complexity index is 1010. The summed E-state index contributed by atoms with van der Waals surface area (Å²) in [4.78, 5) is 17.6. The molecule has 174 valence electrons. The quantitative estimate of drug-likeness (QED) is 0.565. The number of hydrogen-bond donors (Lipinski definition) is 1. The second kappa shape index (κ2) is 11.0. The van der Waals surface area contributed by atoms with E-state index in [4.69, 9.17) is 11.6 Å². The van der Waals surface area contributed by atoms with Gasteiger partial charge in [-0.25, -0.2) is 9.18 Å². The molecule has 1 aliphatic heterocycles. The van der Waals surface area contributed by atoms with E-state index in [1.54, 1.807) is 0 Å². The third-order valence-electron chi connectivity index (χ3n) is 6.91. The van der Waals surface area contributed by atoms with E-state index in [9.17, 15) is 14.4 Å². The topological polar surface area (TPSA) is 59.4 Å². The van der Waals surface area contributed by atoms with Crippen LogP contribution in [-0.2, 0) is 0 Å². The Balaban J connectivity index is 1.43. The standard InChI is InChI=1S/C26H30ClFN4O/c27-24-17-22(8-11-25(24)28)30-26(33)32(15-14-31-12-1-2-13-31)23-9-6-20(7-10-23)21-5-3-4-19(16-21)18-29/h3-5,8,11,16-17,20,23H,1-2,6-7,9-10,12-15H2,(H,30,33)/t20-,23-. The minimum absolute atomic E-state index is 0.00322. The van der Waals surface area contributed by atoms with Crippen LogP contribution in [0.25, 0.3) is 0 Å². The monoisotopic (exact) mass is 468 g/mol. The smallest absolute Gasteiger partial charge is 0.320 e. The molecule has 0 radical (unpaired) electrons. The van der Waals surface area contributed by atoms with Crippen molar-refractivity contribution in [1.82, 2.24) is 9.80 Å². The van der Waals surface area contributed by atoms with E-state index in [1.807, 2.05) is 23.1 Å². The van der Waals surface area contributed by atoms with Crippen LogP contribution in [0.15, 0.2) is 42.5 Å². The summed E-state index contributed by atoms with van der Waals surface area (Å²) in [6.45, 7) is 3.71. The summed E-state index contributed by atoms with van der Waals surface area (Å²) in [6, 6.07) is 14.3. The van der Waals surface area contributed by atoms with E-state index in [-0.39, 0.29) is 17.1 Å². The molecule has 1 aliphatic carbocycles. The minimum atomic E-state index is -0.501. The minimum Gasteiger partial charge on any atom is -0.320 e. The number of carbonyl (C=O) groups is 1. The van der Waals surface area contributed by atoms with Gasteiger partial charge in [0.1, 0.15) is 5.82 Å². The average molecular weight is 469 g/mol. The van der Waals surface area contributed by atoms with E-state index in [1.165, 1.54) is 36.6 Å². The molecule has 2 fully saturated rings. The van der Waals surface area contributed by atoms with Gasteiger partial charge in [-0.3, -0.25) is 0 Å². The molecule has 1 heterocycles. The van der Waals surface area contributed by atoms with Crippen LogP contribution >= 0.6 is 11.6 Å². The Morgan fingerprint density at radius 3 is 2.61 bits per heavy atom. The molecule has 0 atom stereocenters.